The topological polar surface area (TPSA) is 65.1 Å². The van der Waals surface area contributed by atoms with Crippen molar-refractivity contribution in [1.29, 1.82) is 0 Å². The van der Waals surface area contributed by atoms with Crippen LogP contribution in [0.5, 0.6) is 0 Å². The van der Waals surface area contributed by atoms with E-state index in [4.69, 9.17) is 20.7 Å². The first-order chi connectivity index (χ1) is 14.6. The van der Waals surface area contributed by atoms with Gasteiger partial charge in [0.2, 0.25) is 0 Å². The minimum absolute atomic E-state index is 0.0515. The van der Waals surface area contributed by atoms with Crippen molar-refractivity contribution in [3.63, 3.8) is 0 Å². The number of hydroxylamine groups is 1. The molecule has 30 heavy (non-hydrogen) atoms. The van der Waals surface area contributed by atoms with Gasteiger partial charge in [-0.3, -0.25) is 14.4 Å². The summed E-state index contributed by atoms with van der Waals surface area (Å²) in [6, 6.07) is 17.6. The van der Waals surface area contributed by atoms with Crippen LogP contribution < -0.4 is 5.06 Å². The molecule has 6 nitrogen and oxygen atoms in total. The number of esters is 2. The minimum Gasteiger partial charge on any atom is -0.465 e. The van der Waals surface area contributed by atoms with E-state index in [1.807, 2.05) is 60.7 Å². The highest BCUT2D eigenvalue weighted by Crippen LogP contribution is 2.50. The van der Waals surface area contributed by atoms with Gasteiger partial charge in [-0.25, -0.2) is 5.06 Å². The van der Waals surface area contributed by atoms with E-state index in [2.05, 4.69) is 5.92 Å². The lowest BCUT2D eigenvalue weighted by Gasteiger charge is -2.48. The number of anilines is 1. The zero-order chi connectivity index (χ0) is 21.6. The number of rotatable bonds is 6. The molecule has 3 rings (SSSR count). The molecule has 0 unspecified atom stereocenters. The molecule has 0 aliphatic carbocycles. The summed E-state index contributed by atoms with van der Waals surface area (Å²) in [5.74, 6) is 1.19. The molecule has 2 aromatic rings. The van der Waals surface area contributed by atoms with Crippen LogP contribution in [0.3, 0.4) is 0 Å². The zero-order valence-corrected chi connectivity index (χ0v) is 17.1. The van der Waals surface area contributed by atoms with Crippen molar-refractivity contribution in [3.05, 3.63) is 66.2 Å². The molecule has 2 atom stereocenters. The lowest BCUT2D eigenvalue weighted by Crippen LogP contribution is -2.58. The number of nitrogens with zero attached hydrogens (tertiary/aromatic N) is 1. The molecule has 0 aromatic heterocycles. The van der Waals surface area contributed by atoms with Crippen LogP contribution in [-0.2, 0) is 23.9 Å². The van der Waals surface area contributed by atoms with E-state index in [0.29, 0.717) is 11.3 Å². The summed E-state index contributed by atoms with van der Waals surface area (Å²) < 4.78 is 10.8. The number of hydrogen-bond acceptors (Lipinski definition) is 6. The lowest BCUT2D eigenvalue weighted by atomic mass is 9.71. The molecule has 156 valence electrons. The second kappa shape index (κ2) is 9.47. The molecular weight excluding hydrogens is 382 g/mol. The van der Waals surface area contributed by atoms with Crippen molar-refractivity contribution in [2.45, 2.75) is 32.4 Å². The Balaban J connectivity index is 2.27. The summed E-state index contributed by atoms with van der Waals surface area (Å²) in [4.78, 5) is 32.9. The Morgan fingerprint density at radius 2 is 1.57 bits per heavy atom. The van der Waals surface area contributed by atoms with Gasteiger partial charge in [0.25, 0.3) is 0 Å². The Hall–Kier alpha value is -3.30. The summed E-state index contributed by atoms with van der Waals surface area (Å²) >= 11 is 0. The number of carbonyl (C=O) groups excluding carboxylic acids is 2. The van der Waals surface area contributed by atoms with Crippen molar-refractivity contribution < 1.29 is 23.9 Å². The number of hydrogen-bond donors (Lipinski definition) is 0. The molecule has 0 radical (unpaired) electrons. The van der Waals surface area contributed by atoms with Crippen LogP contribution >= 0.6 is 0 Å². The van der Waals surface area contributed by atoms with Crippen LogP contribution in [0.15, 0.2) is 60.7 Å². The van der Waals surface area contributed by atoms with Crippen LogP contribution in [-0.4, -0.2) is 31.3 Å². The van der Waals surface area contributed by atoms with Crippen molar-refractivity contribution in [2.75, 3.05) is 18.3 Å². The van der Waals surface area contributed by atoms with Gasteiger partial charge in [0.1, 0.15) is 12.1 Å². The smallest absolute Gasteiger partial charge is 0.326 e. The molecule has 1 saturated heterocycles. The number of carbonyl (C=O) groups is 2. The van der Waals surface area contributed by atoms with Gasteiger partial charge < -0.3 is 9.47 Å². The molecule has 1 aliphatic rings. The van der Waals surface area contributed by atoms with Gasteiger partial charge >= 0.3 is 11.9 Å². The van der Waals surface area contributed by atoms with E-state index in [1.165, 1.54) is 5.06 Å². The largest absolute Gasteiger partial charge is 0.465 e. The van der Waals surface area contributed by atoms with Crippen LogP contribution in [0.1, 0.15) is 31.9 Å². The maximum absolute atomic E-state index is 13.4. The quantitative estimate of drug-likeness (QED) is 0.413. The van der Waals surface area contributed by atoms with Gasteiger partial charge in [0, 0.05) is 6.42 Å². The monoisotopic (exact) mass is 407 g/mol. The molecule has 6 heteroatoms. The van der Waals surface area contributed by atoms with E-state index < -0.39 is 29.5 Å². The normalized spacial score (nSPS) is 20.1. The molecule has 2 aromatic carbocycles. The molecule has 0 saturated carbocycles. The number of para-hydroxylation sites is 1. The average Bonchev–Trinajstić information content (AvgIpc) is 2.79. The average molecular weight is 407 g/mol. The van der Waals surface area contributed by atoms with Crippen LogP contribution in [0.25, 0.3) is 0 Å². The Kier molecular flexibility index (Phi) is 6.76. The molecule has 1 heterocycles. The maximum atomic E-state index is 13.4. The molecule has 0 spiro atoms. The predicted molar refractivity (Wildman–Crippen MR) is 112 cm³/mol. The first-order valence-electron chi connectivity index (χ1n) is 9.95. The van der Waals surface area contributed by atoms with E-state index in [9.17, 15) is 9.59 Å². The van der Waals surface area contributed by atoms with E-state index >= 15 is 0 Å². The molecule has 0 N–H and O–H groups in total. The number of benzene rings is 2. The zero-order valence-electron chi connectivity index (χ0n) is 17.1. The first-order valence-corrected chi connectivity index (χ1v) is 9.95. The maximum Gasteiger partial charge on any atom is 0.326 e. The Morgan fingerprint density at radius 3 is 2.07 bits per heavy atom. The summed E-state index contributed by atoms with van der Waals surface area (Å²) in [6.07, 6.45) is 4.82. The third-order valence-corrected chi connectivity index (χ3v) is 5.04. The second-order valence-corrected chi connectivity index (χ2v) is 6.85. The Morgan fingerprint density at radius 1 is 1.03 bits per heavy atom. The SMILES string of the molecule is C#C[C@H]1CC(C(=O)OCC)(C(=O)OCC)[C@@H](c2ccccc2)N(c2ccccc2)O1. The summed E-state index contributed by atoms with van der Waals surface area (Å²) in [7, 11) is 0. The van der Waals surface area contributed by atoms with E-state index in [1.54, 1.807) is 13.8 Å². The van der Waals surface area contributed by atoms with Crippen molar-refractivity contribution in [1.82, 2.24) is 0 Å². The standard InChI is InChI=1S/C24H25NO5/c1-4-20-17-24(22(26)28-5-2,23(27)29-6-3)21(18-13-9-7-10-14-18)25(30-20)19-15-11-8-12-16-19/h1,7-16,20-21H,5-6,17H2,2-3H3/t20-,21+/m0/s1. The van der Waals surface area contributed by atoms with Crippen molar-refractivity contribution in [3.8, 4) is 12.3 Å². The highest BCUT2D eigenvalue weighted by molar-refractivity contribution is 6.02. The second-order valence-electron chi connectivity index (χ2n) is 6.85. The van der Waals surface area contributed by atoms with E-state index in [-0.39, 0.29) is 19.6 Å². The van der Waals surface area contributed by atoms with Gasteiger partial charge in [-0.2, -0.15) is 0 Å². The summed E-state index contributed by atoms with van der Waals surface area (Å²) in [5.41, 5.74) is -0.333. The van der Waals surface area contributed by atoms with Gasteiger partial charge in [-0.1, -0.05) is 54.5 Å². The number of ether oxygens (including phenoxy) is 2. The third kappa shape index (κ3) is 3.89. The van der Waals surface area contributed by atoms with Gasteiger partial charge in [-0.05, 0) is 31.5 Å². The molecule has 1 aliphatic heterocycles. The first kappa shape index (κ1) is 21.4. The Bertz CT molecular complexity index is 888. The number of terminal acetylenes is 1. The van der Waals surface area contributed by atoms with E-state index in [0.717, 1.165) is 0 Å². The molecule has 0 bridgehead atoms. The van der Waals surface area contributed by atoms with Crippen LogP contribution in [0, 0.1) is 17.8 Å². The van der Waals surface area contributed by atoms with Crippen LogP contribution in [0.2, 0.25) is 0 Å². The Labute approximate surface area is 176 Å². The van der Waals surface area contributed by atoms with Gasteiger partial charge in [0.15, 0.2) is 5.41 Å². The van der Waals surface area contributed by atoms with Crippen molar-refractivity contribution in [2.24, 2.45) is 5.41 Å². The molecule has 0 amide bonds. The minimum atomic E-state index is -1.70. The predicted octanol–water partition coefficient (Wildman–Crippen LogP) is 3.68. The summed E-state index contributed by atoms with van der Waals surface area (Å²) in [5, 5.41) is 1.54. The lowest BCUT2D eigenvalue weighted by molar-refractivity contribution is -0.186. The van der Waals surface area contributed by atoms with Gasteiger partial charge in [0.05, 0.1) is 18.9 Å². The fourth-order valence-corrected chi connectivity index (χ4v) is 3.76. The molecule has 1 fully saturated rings. The third-order valence-electron chi connectivity index (χ3n) is 5.04. The van der Waals surface area contributed by atoms with Crippen LogP contribution in [0.4, 0.5) is 5.69 Å². The fraction of sp³-hybridized carbons (Fsp3) is 0.333. The highest BCUT2D eigenvalue weighted by Gasteiger charge is 2.62. The van der Waals surface area contributed by atoms with Gasteiger partial charge in [-0.15, -0.1) is 6.42 Å². The fourth-order valence-electron chi connectivity index (χ4n) is 3.76. The molecular formula is C24H25NO5. The summed E-state index contributed by atoms with van der Waals surface area (Å²) in [6.45, 7) is 3.63. The highest BCUT2D eigenvalue weighted by atomic mass is 16.7. The van der Waals surface area contributed by atoms with Crippen molar-refractivity contribution >= 4 is 17.6 Å².